The van der Waals surface area contributed by atoms with E-state index in [1.54, 1.807) is 0 Å². The summed E-state index contributed by atoms with van der Waals surface area (Å²) in [5.41, 5.74) is 9.75. The summed E-state index contributed by atoms with van der Waals surface area (Å²) in [6.45, 7) is 0. The Morgan fingerprint density at radius 2 is 1.94 bits per heavy atom. The van der Waals surface area contributed by atoms with Gasteiger partial charge in [0.1, 0.15) is 5.75 Å². The Balaban J connectivity index is 3.19. The molecule has 7 nitrogen and oxygen atoms in total. The van der Waals surface area contributed by atoms with Gasteiger partial charge in [0, 0.05) is 11.8 Å². The molecule has 0 spiro atoms. The van der Waals surface area contributed by atoms with Crippen LogP contribution in [0, 0.1) is 0 Å². The second kappa shape index (κ2) is 4.27. The molecule has 4 N–H and O–H groups in total. The van der Waals surface area contributed by atoms with Gasteiger partial charge in [-0.15, -0.1) is 0 Å². The number of pyridine rings is 1. The first-order chi connectivity index (χ1) is 7.33. The van der Waals surface area contributed by atoms with E-state index in [0.29, 0.717) is 0 Å². The fourth-order valence-corrected chi connectivity index (χ4v) is 2.04. The second-order valence-electron chi connectivity index (χ2n) is 2.97. The van der Waals surface area contributed by atoms with Gasteiger partial charge in [-0.1, -0.05) is 0 Å². The van der Waals surface area contributed by atoms with Gasteiger partial charge >= 0.3 is 0 Å². The maximum absolute atomic E-state index is 11.5. The van der Waals surface area contributed by atoms with Crippen molar-refractivity contribution in [2.45, 2.75) is 5.03 Å². The van der Waals surface area contributed by atoms with Gasteiger partial charge in [-0.25, -0.2) is 13.4 Å². The number of rotatable bonds is 4. The highest BCUT2D eigenvalue weighted by Gasteiger charge is 2.20. The van der Waals surface area contributed by atoms with E-state index >= 15 is 0 Å². The summed E-state index contributed by atoms with van der Waals surface area (Å²) in [5.74, 6) is -2.63. The predicted molar refractivity (Wildman–Crippen MR) is 54.0 cm³/mol. The molecule has 0 aliphatic carbocycles. The third-order valence-corrected chi connectivity index (χ3v) is 3.20. The van der Waals surface area contributed by atoms with E-state index in [2.05, 4.69) is 4.98 Å². The van der Waals surface area contributed by atoms with E-state index in [0.717, 1.165) is 12.3 Å². The lowest BCUT2D eigenvalue weighted by Gasteiger charge is -2.02. The molecule has 86 valence electrons. The van der Waals surface area contributed by atoms with Crippen molar-refractivity contribution in [2.75, 3.05) is 5.75 Å². The van der Waals surface area contributed by atoms with Gasteiger partial charge in [0.25, 0.3) is 0 Å². The van der Waals surface area contributed by atoms with Crippen LogP contribution in [-0.2, 0) is 14.6 Å². The Labute approximate surface area is 91.4 Å². The first-order valence-corrected chi connectivity index (χ1v) is 5.75. The molecule has 0 atom stereocenters. The van der Waals surface area contributed by atoms with Crippen LogP contribution in [0.3, 0.4) is 0 Å². The van der Waals surface area contributed by atoms with Crippen molar-refractivity contribution in [2.24, 2.45) is 11.5 Å². The number of nitrogens with two attached hydrogens (primary N) is 2. The van der Waals surface area contributed by atoms with Crippen LogP contribution < -0.4 is 11.5 Å². The maximum atomic E-state index is 11.5. The number of hydrogen-bond donors (Lipinski definition) is 2. The Bertz CT molecular complexity index is 538. The Kier molecular flexibility index (Phi) is 3.23. The van der Waals surface area contributed by atoms with Crippen molar-refractivity contribution in [1.29, 1.82) is 0 Å². The molecule has 0 saturated heterocycles. The van der Waals surface area contributed by atoms with Crippen LogP contribution in [0.1, 0.15) is 10.4 Å². The molecule has 0 saturated carbocycles. The van der Waals surface area contributed by atoms with Crippen molar-refractivity contribution in [3.8, 4) is 0 Å². The minimum Gasteiger partial charge on any atom is -0.369 e. The van der Waals surface area contributed by atoms with Crippen LogP contribution in [0.4, 0.5) is 0 Å². The molecule has 0 aliphatic heterocycles. The monoisotopic (exact) mass is 243 g/mol. The van der Waals surface area contributed by atoms with E-state index < -0.39 is 32.4 Å². The average molecular weight is 243 g/mol. The van der Waals surface area contributed by atoms with Crippen LogP contribution in [0.5, 0.6) is 0 Å². The van der Waals surface area contributed by atoms with Crippen LogP contribution in [0.25, 0.3) is 0 Å². The van der Waals surface area contributed by atoms with Gasteiger partial charge in [-0.05, 0) is 12.1 Å². The second-order valence-corrected chi connectivity index (χ2v) is 4.91. The first-order valence-electron chi connectivity index (χ1n) is 4.10. The lowest BCUT2D eigenvalue weighted by molar-refractivity contribution is -0.115. The van der Waals surface area contributed by atoms with Crippen LogP contribution in [0.15, 0.2) is 23.4 Å². The van der Waals surface area contributed by atoms with Crippen LogP contribution >= 0.6 is 0 Å². The van der Waals surface area contributed by atoms with Crippen molar-refractivity contribution in [3.63, 3.8) is 0 Å². The zero-order valence-electron chi connectivity index (χ0n) is 8.08. The molecule has 0 radical (unpaired) electrons. The third kappa shape index (κ3) is 2.76. The fraction of sp³-hybridized carbons (Fsp3) is 0.125. The predicted octanol–water partition coefficient (Wildman–Crippen LogP) is -1.56. The topological polar surface area (TPSA) is 133 Å². The number of aromatic nitrogens is 1. The molecule has 0 unspecified atom stereocenters. The van der Waals surface area contributed by atoms with Crippen LogP contribution in [-0.4, -0.2) is 31.0 Å². The van der Waals surface area contributed by atoms with Crippen molar-refractivity contribution >= 4 is 21.7 Å². The molecule has 1 rings (SSSR count). The summed E-state index contributed by atoms with van der Waals surface area (Å²) in [5, 5.41) is -0.400. The van der Waals surface area contributed by atoms with Crippen molar-refractivity contribution < 1.29 is 18.0 Å². The lowest BCUT2D eigenvalue weighted by atomic mass is 10.3. The van der Waals surface area contributed by atoms with Gasteiger partial charge < -0.3 is 11.5 Å². The molecular formula is C8H9N3O4S. The molecule has 16 heavy (non-hydrogen) atoms. The molecule has 8 heteroatoms. The summed E-state index contributed by atoms with van der Waals surface area (Å²) in [4.78, 5) is 24.9. The number of sulfone groups is 1. The Morgan fingerprint density at radius 3 is 2.44 bits per heavy atom. The minimum atomic E-state index is -3.91. The highest BCUT2D eigenvalue weighted by molar-refractivity contribution is 7.92. The normalized spacial score (nSPS) is 11.0. The number of hydrogen-bond acceptors (Lipinski definition) is 5. The highest BCUT2D eigenvalue weighted by atomic mass is 32.2. The summed E-state index contributed by atoms with van der Waals surface area (Å²) < 4.78 is 23.0. The van der Waals surface area contributed by atoms with Gasteiger partial charge in [-0.3, -0.25) is 9.59 Å². The van der Waals surface area contributed by atoms with E-state index in [1.807, 2.05) is 0 Å². The molecule has 0 aliphatic rings. The summed E-state index contributed by atoms with van der Waals surface area (Å²) in [7, 11) is -3.91. The van der Waals surface area contributed by atoms with E-state index in [1.165, 1.54) is 6.07 Å². The van der Waals surface area contributed by atoms with Gasteiger partial charge in [0.2, 0.25) is 21.7 Å². The number of primary amides is 2. The Hall–Kier alpha value is -1.96. The molecule has 0 bridgehead atoms. The highest BCUT2D eigenvalue weighted by Crippen LogP contribution is 2.09. The quantitative estimate of drug-likeness (QED) is 0.659. The van der Waals surface area contributed by atoms with Gasteiger partial charge in [0.15, 0.2) is 5.03 Å². The standard InChI is InChI=1S/C8H9N3O4S/c9-6(12)4-16(14,15)7-3-5(8(10)13)1-2-11-7/h1-3H,4H2,(H2,9,12)(H2,10,13). The van der Waals surface area contributed by atoms with E-state index in [-0.39, 0.29) is 5.56 Å². The number of amides is 2. The first kappa shape index (κ1) is 12.1. The number of carbonyl (C=O) groups excluding carboxylic acids is 2. The zero-order chi connectivity index (χ0) is 12.3. The summed E-state index contributed by atoms with van der Waals surface area (Å²) in [6, 6.07) is 2.27. The third-order valence-electron chi connectivity index (χ3n) is 1.67. The van der Waals surface area contributed by atoms with Crippen LogP contribution in [0.2, 0.25) is 0 Å². The molecule has 1 aromatic heterocycles. The fourth-order valence-electron chi connectivity index (χ4n) is 0.994. The van der Waals surface area contributed by atoms with Crippen molar-refractivity contribution in [1.82, 2.24) is 4.98 Å². The Morgan fingerprint density at radius 1 is 1.31 bits per heavy atom. The van der Waals surface area contributed by atoms with E-state index in [9.17, 15) is 18.0 Å². The average Bonchev–Trinajstić information content (AvgIpc) is 2.16. The largest absolute Gasteiger partial charge is 0.369 e. The van der Waals surface area contributed by atoms with Gasteiger partial charge in [-0.2, -0.15) is 0 Å². The zero-order valence-corrected chi connectivity index (χ0v) is 8.90. The van der Waals surface area contributed by atoms with Gasteiger partial charge in [0.05, 0.1) is 0 Å². The molecular weight excluding hydrogens is 234 g/mol. The minimum absolute atomic E-state index is 0.00181. The molecule has 0 fully saturated rings. The molecule has 0 aromatic carbocycles. The summed E-state index contributed by atoms with van der Waals surface area (Å²) >= 11 is 0. The molecule has 1 heterocycles. The SMILES string of the molecule is NC(=O)CS(=O)(=O)c1cc(C(N)=O)ccn1. The van der Waals surface area contributed by atoms with E-state index in [4.69, 9.17) is 11.5 Å². The summed E-state index contributed by atoms with van der Waals surface area (Å²) in [6.07, 6.45) is 1.12. The number of nitrogens with zero attached hydrogens (tertiary/aromatic N) is 1. The maximum Gasteiger partial charge on any atom is 0.248 e. The lowest BCUT2D eigenvalue weighted by Crippen LogP contribution is -2.24. The molecule has 2 amide bonds. The smallest absolute Gasteiger partial charge is 0.248 e. The number of carbonyl (C=O) groups is 2. The van der Waals surface area contributed by atoms with Crippen molar-refractivity contribution in [3.05, 3.63) is 23.9 Å². The molecule has 1 aromatic rings.